The Morgan fingerprint density at radius 3 is 1.63 bits per heavy atom. The van der Waals surface area contributed by atoms with Crippen LogP contribution in [-0.4, -0.2) is 28.7 Å². The number of carbonyl (C=O) groups excluding carboxylic acids is 3. The number of amides is 3. The zero-order chi connectivity index (χ0) is 21.0. The quantitative estimate of drug-likeness (QED) is 0.496. The van der Waals surface area contributed by atoms with Gasteiger partial charge in [-0.1, -0.05) is 59.7 Å². The van der Waals surface area contributed by atoms with Crippen LogP contribution in [0.1, 0.15) is 43.4 Å². The standard InChI is InChI=1S/C25H20N2O3/c1-15-7-11-17(12-8-15)21-22(25(30)26(21)18-13-9-16(2)10-14-18)27-23(28)19-5-3-4-6-20(19)24(27)29/h3-14,21-22H,1-2H3/t21-,22-/m1/s1. The molecule has 0 aliphatic carbocycles. The van der Waals surface area contributed by atoms with Gasteiger partial charge in [-0.05, 0) is 43.7 Å². The summed E-state index contributed by atoms with van der Waals surface area (Å²) in [4.78, 5) is 42.2. The second kappa shape index (κ2) is 6.66. The van der Waals surface area contributed by atoms with Crippen LogP contribution in [0.5, 0.6) is 0 Å². The number of carbonyl (C=O) groups is 3. The van der Waals surface area contributed by atoms with Crippen LogP contribution in [0.2, 0.25) is 0 Å². The predicted molar refractivity (Wildman–Crippen MR) is 113 cm³/mol. The topological polar surface area (TPSA) is 57.7 Å². The highest BCUT2D eigenvalue weighted by molar-refractivity contribution is 6.24. The minimum atomic E-state index is -0.860. The molecule has 30 heavy (non-hydrogen) atoms. The lowest BCUT2D eigenvalue weighted by atomic mass is 9.86. The Morgan fingerprint density at radius 2 is 1.10 bits per heavy atom. The molecule has 0 unspecified atom stereocenters. The van der Waals surface area contributed by atoms with E-state index in [4.69, 9.17) is 0 Å². The Bertz CT molecular complexity index is 1150. The summed E-state index contributed by atoms with van der Waals surface area (Å²) in [5.41, 5.74) is 4.55. The van der Waals surface area contributed by atoms with E-state index in [1.165, 1.54) is 0 Å². The number of fused-ring (bicyclic) bond motifs is 1. The molecule has 3 amide bonds. The van der Waals surface area contributed by atoms with Crippen LogP contribution in [0.3, 0.4) is 0 Å². The number of hydrogen-bond acceptors (Lipinski definition) is 3. The lowest BCUT2D eigenvalue weighted by Gasteiger charge is -2.49. The van der Waals surface area contributed by atoms with Gasteiger partial charge in [-0.2, -0.15) is 0 Å². The van der Waals surface area contributed by atoms with Gasteiger partial charge in [0.2, 0.25) is 0 Å². The molecule has 5 rings (SSSR count). The maximum atomic E-state index is 13.3. The molecule has 3 aromatic carbocycles. The van der Waals surface area contributed by atoms with Crippen LogP contribution >= 0.6 is 0 Å². The molecule has 5 nitrogen and oxygen atoms in total. The number of β-lactam (4-membered cyclic amide) rings is 1. The number of imide groups is 1. The van der Waals surface area contributed by atoms with Crippen LogP contribution in [0.15, 0.2) is 72.8 Å². The van der Waals surface area contributed by atoms with E-state index < -0.39 is 23.9 Å². The molecule has 2 aliphatic rings. The first kappa shape index (κ1) is 18.3. The van der Waals surface area contributed by atoms with Crippen LogP contribution in [0, 0.1) is 13.8 Å². The minimum Gasteiger partial charge on any atom is -0.300 e. The molecule has 2 heterocycles. The normalized spacial score (nSPS) is 20.4. The number of benzene rings is 3. The molecule has 1 fully saturated rings. The van der Waals surface area contributed by atoms with Crippen molar-refractivity contribution < 1.29 is 14.4 Å². The average Bonchev–Trinajstić information content (AvgIpc) is 3.00. The van der Waals surface area contributed by atoms with Crippen molar-refractivity contribution in [1.82, 2.24) is 4.90 Å². The summed E-state index contributed by atoms with van der Waals surface area (Å²) in [6, 6.07) is 21.0. The molecule has 0 saturated carbocycles. The van der Waals surface area contributed by atoms with Gasteiger partial charge in [0.15, 0.2) is 0 Å². The second-order valence-electron chi connectivity index (χ2n) is 7.87. The maximum absolute atomic E-state index is 13.3. The Morgan fingerprint density at radius 1 is 0.600 bits per heavy atom. The molecule has 0 aromatic heterocycles. The van der Waals surface area contributed by atoms with Gasteiger partial charge in [0.1, 0.15) is 6.04 Å². The maximum Gasteiger partial charge on any atom is 0.262 e. The van der Waals surface area contributed by atoms with E-state index in [0.29, 0.717) is 11.1 Å². The number of hydrogen-bond donors (Lipinski definition) is 0. The Balaban J connectivity index is 1.58. The number of aryl methyl sites for hydroxylation is 2. The van der Waals surface area contributed by atoms with E-state index in [2.05, 4.69) is 0 Å². The van der Waals surface area contributed by atoms with E-state index in [-0.39, 0.29) is 5.91 Å². The molecule has 2 aliphatic heterocycles. The minimum absolute atomic E-state index is 0.251. The van der Waals surface area contributed by atoms with Gasteiger partial charge in [-0.25, -0.2) is 0 Å². The molecule has 2 atom stereocenters. The number of anilines is 1. The van der Waals surface area contributed by atoms with E-state index in [1.807, 2.05) is 62.4 Å². The smallest absolute Gasteiger partial charge is 0.262 e. The van der Waals surface area contributed by atoms with Crippen LogP contribution in [0.25, 0.3) is 0 Å². The fourth-order valence-corrected chi connectivity index (χ4v) is 4.27. The van der Waals surface area contributed by atoms with Crippen molar-refractivity contribution in [3.63, 3.8) is 0 Å². The lowest BCUT2D eigenvalue weighted by molar-refractivity contribution is -0.130. The molecule has 148 valence electrons. The Kier molecular flexibility index (Phi) is 4.07. The van der Waals surface area contributed by atoms with E-state index in [0.717, 1.165) is 27.3 Å². The van der Waals surface area contributed by atoms with Gasteiger partial charge in [0, 0.05) is 5.69 Å². The third-order valence-electron chi connectivity index (χ3n) is 5.90. The van der Waals surface area contributed by atoms with Crippen LogP contribution in [-0.2, 0) is 4.79 Å². The van der Waals surface area contributed by atoms with Crippen molar-refractivity contribution in [1.29, 1.82) is 0 Å². The third kappa shape index (κ3) is 2.59. The second-order valence-corrected chi connectivity index (χ2v) is 7.87. The number of nitrogens with zero attached hydrogens (tertiary/aromatic N) is 2. The molecule has 3 aromatic rings. The molecule has 0 N–H and O–H groups in total. The van der Waals surface area contributed by atoms with Crippen molar-refractivity contribution in [2.75, 3.05) is 4.90 Å². The molecule has 0 radical (unpaired) electrons. The first-order valence-electron chi connectivity index (χ1n) is 9.90. The fraction of sp³-hybridized carbons (Fsp3) is 0.160. The van der Waals surface area contributed by atoms with E-state index in [1.54, 1.807) is 29.2 Å². The lowest BCUT2D eigenvalue weighted by Crippen LogP contribution is -2.67. The summed E-state index contributed by atoms with van der Waals surface area (Å²) in [6.45, 7) is 3.98. The monoisotopic (exact) mass is 396 g/mol. The first-order valence-corrected chi connectivity index (χ1v) is 9.90. The van der Waals surface area contributed by atoms with E-state index >= 15 is 0 Å². The van der Waals surface area contributed by atoms with Gasteiger partial charge in [-0.15, -0.1) is 0 Å². The highest BCUT2D eigenvalue weighted by Crippen LogP contribution is 2.44. The summed E-state index contributed by atoms with van der Waals surface area (Å²) in [6.07, 6.45) is 0. The molecule has 0 spiro atoms. The van der Waals surface area contributed by atoms with E-state index in [9.17, 15) is 14.4 Å². The summed E-state index contributed by atoms with van der Waals surface area (Å²) in [7, 11) is 0. The summed E-state index contributed by atoms with van der Waals surface area (Å²) in [5.74, 6) is -1.07. The summed E-state index contributed by atoms with van der Waals surface area (Å²) in [5, 5.41) is 0. The Hall–Kier alpha value is -3.73. The molecule has 0 bridgehead atoms. The summed E-state index contributed by atoms with van der Waals surface area (Å²) >= 11 is 0. The zero-order valence-corrected chi connectivity index (χ0v) is 16.7. The SMILES string of the molecule is Cc1ccc([C@@H]2[C@@H](N3C(=O)c4ccccc4C3=O)C(=O)N2c2ccc(C)cc2)cc1. The van der Waals surface area contributed by atoms with Gasteiger partial charge in [0.25, 0.3) is 17.7 Å². The van der Waals surface area contributed by atoms with Crippen molar-refractivity contribution in [3.8, 4) is 0 Å². The van der Waals surface area contributed by atoms with Crippen molar-refractivity contribution >= 4 is 23.4 Å². The summed E-state index contributed by atoms with van der Waals surface area (Å²) < 4.78 is 0. The van der Waals surface area contributed by atoms with Gasteiger partial charge in [-0.3, -0.25) is 19.3 Å². The fourth-order valence-electron chi connectivity index (χ4n) is 4.27. The van der Waals surface area contributed by atoms with Crippen molar-refractivity contribution in [2.24, 2.45) is 0 Å². The zero-order valence-electron chi connectivity index (χ0n) is 16.7. The number of rotatable bonds is 3. The molecule has 1 saturated heterocycles. The first-order chi connectivity index (χ1) is 14.5. The Labute approximate surface area is 174 Å². The van der Waals surface area contributed by atoms with Crippen molar-refractivity contribution in [2.45, 2.75) is 25.9 Å². The van der Waals surface area contributed by atoms with Crippen LogP contribution in [0.4, 0.5) is 5.69 Å². The molecular weight excluding hydrogens is 376 g/mol. The van der Waals surface area contributed by atoms with Crippen molar-refractivity contribution in [3.05, 3.63) is 101 Å². The highest BCUT2D eigenvalue weighted by atomic mass is 16.2. The largest absolute Gasteiger partial charge is 0.300 e. The highest BCUT2D eigenvalue weighted by Gasteiger charge is 2.57. The molecular formula is C25H20N2O3. The predicted octanol–water partition coefficient (Wildman–Crippen LogP) is 4.06. The van der Waals surface area contributed by atoms with Gasteiger partial charge in [0.05, 0.1) is 17.2 Å². The van der Waals surface area contributed by atoms with Crippen LogP contribution < -0.4 is 4.90 Å². The van der Waals surface area contributed by atoms with Gasteiger partial charge < -0.3 is 4.90 Å². The third-order valence-corrected chi connectivity index (χ3v) is 5.90. The van der Waals surface area contributed by atoms with Gasteiger partial charge >= 0.3 is 0 Å². The average molecular weight is 396 g/mol. The molecule has 5 heteroatoms.